The van der Waals surface area contributed by atoms with Crippen molar-refractivity contribution in [3.63, 3.8) is 0 Å². The van der Waals surface area contributed by atoms with Crippen LogP contribution in [0.1, 0.15) is 26.3 Å². The smallest absolute Gasteiger partial charge is 0.207 e. The van der Waals surface area contributed by atoms with E-state index in [1.54, 1.807) is 13.4 Å². The number of hydrogen-bond acceptors (Lipinski definition) is 3. The van der Waals surface area contributed by atoms with Crippen LogP contribution in [0.4, 0.5) is 0 Å². The molecule has 20 heavy (non-hydrogen) atoms. The monoisotopic (exact) mass is 275 g/mol. The molecule has 1 heterocycles. The second-order valence-corrected chi connectivity index (χ2v) is 5.77. The van der Waals surface area contributed by atoms with E-state index in [0.717, 1.165) is 35.1 Å². The van der Waals surface area contributed by atoms with Crippen LogP contribution in [-0.4, -0.2) is 19.6 Å². The molecule has 4 heteroatoms. The van der Waals surface area contributed by atoms with Crippen LogP contribution in [0.15, 0.2) is 28.9 Å². The van der Waals surface area contributed by atoms with Crippen molar-refractivity contribution >= 4 is 17.4 Å². The van der Waals surface area contributed by atoms with E-state index in [2.05, 4.69) is 19.2 Å². The molecule has 1 aromatic carbocycles. The largest absolute Gasteiger partial charge is 0.493 e. The minimum Gasteiger partial charge on any atom is -0.493 e. The summed E-state index contributed by atoms with van der Waals surface area (Å²) < 4.78 is 10.9. The van der Waals surface area contributed by atoms with Crippen LogP contribution in [0.3, 0.4) is 0 Å². The third-order valence-electron chi connectivity index (χ3n) is 4.00. The molecule has 4 nitrogen and oxygen atoms in total. The van der Waals surface area contributed by atoms with Gasteiger partial charge in [0.2, 0.25) is 6.41 Å². The summed E-state index contributed by atoms with van der Waals surface area (Å²) in [7, 11) is 1.64. The summed E-state index contributed by atoms with van der Waals surface area (Å²) in [5.74, 6) is 0.741. The van der Waals surface area contributed by atoms with E-state index in [4.69, 9.17) is 9.15 Å². The minimum absolute atomic E-state index is 0.0687. The SMILES string of the molecule is COc1cccc2c(CC(C)(C)[C@@H](C)NC=O)coc12. The number of methoxy groups -OCH3 is 1. The Morgan fingerprint density at radius 1 is 1.45 bits per heavy atom. The van der Waals surface area contributed by atoms with E-state index in [0.29, 0.717) is 0 Å². The molecule has 2 aromatic rings. The zero-order valence-electron chi connectivity index (χ0n) is 12.4. The molecule has 0 bridgehead atoms. The van der Waals surface area contributed by atoms with Crippen molar-refractivity contribution in [2.75, 3.05) is 7.11 Å². The molecule has 0 aliphatic rings. The van der Waals surface area contributed by atoms with Gasteiger partial charge in [0.05, 0.1) is 13.4 Å². The number of carbonyl (C=O) groups excluding carboxylic acids is 1. The average Bonchev–Trinajstić information content (AvgIpc) is 2.81. The van der Waals surface area contributed by atoms with Crippen molar-refractivity contribution < 1.29 is 13.9 Å². The highest BCUT2D eigenvalue weighted by atomic mass is 16.5. The predicted octanol–water partition coefficient (Wildman–Crippen LogP) is 3.14. The number of furan rings is 1. The van der Waals surface area contributed by atoms with E-state index >= 15 is 0 Å². The maximum absolute atomic E-state index is 10.6. The summed E-state index contributed by atoms with van der Waals surface area (Å²) in [5, 5.41) is 3.90. The van der Waals surface area contributed by atoms with E-state index in [1.165, 1.54) is 0 Å². The topological polar surface area (TPSA) is 51.5 Å². The van der Waals surface area contributed by atoms with Gasteiger partial charge in [0, 0.05) is 11.4 Å². The highest BCUT2D eigenvalue weighted by molar-refractivity contribution is 5.86. The lowest BCUT2D eigenvalue weighted by Gasteiger charge is -2.31. The number of hydrogen-bond donors (Lipinski definition) is 1. The first-order chi connectivity index (χ1) is 9.49. The van der Waals surface area contributed by atoms with Crippen LogP contribution in [0.5, 0.6) is 5.75 Å². The molecule has 0 spiro atoms. The van der Waals surface area contributed by atoms with Crippen molar-refractivity contribution in [2.24, 2.45) is 5.41 Å². The lowest BCUT2D eigenvalue weighted by atomic mass is 9.79. The Hall–Kier alpha value is -1.97. The molecule has 0 unspecified atom stereocenters. The van der Waals surface area contributed by atoms with Crippen molar-refractivity contribution in [1.82, 2.24) is 5.32 Å². The zero-order chi connectivity index (χ0) is 14.8. The number of amides is 1. The van der Waals surface area contributed by atoms with Crippen LogP contribution in [0.25, 0.3) is 11.0 Å². The number of ether oxygens (including phenoxy) is 1. The Balaban J connectivity index is 2.32. The van der Waals surface area contributed by atoms with Crippen molar-refractivity contribution in [1.29, 1.82) is 0 Å². The van der Waals surface area contributed by atoms with Crippen molar-refractivity contribution in [2.45, 2.75) is 33.2 Å². The van der Waals surface area contributed by atoms with Crippen LogP contribution >= 0.6 is 0 Å². The van der Waals surface area contributed by atoms with Gasteiger partial charge in [0.25, 0.3) is 0 Å². The number of nitrogens with one attached hydrogen (secondary N) is 1. The zero-order valence-corrected chi connectivity index (χ0v) is 12.4. The van der Waals surface area contributed by atoms with Gasteiger partial charge in [-0.05, 0) is 30.4 Å². The molecule has 0 radical (unpaired) electrons. The fourth-order valence-electron chi connectivity index (χ4n) is 2.35. The van der Waals surface area contributed by atoms with Gasteiger partial charge < -0.3 is 14.5 Å². The van der Waals surface area contributed by atoms with Crippen LogP contribution in [0.2, 0.25) is 0 Å². The Morgan fingerprint density at radius 2 is 2.20 bits per heavy atom. The van der Waals surface area contributed by atoms with Gasteiger partial charge in [-0.3, -0.25) is 4.79 Å². The van der Waals surface area contributed by atoms with Crippen LogP contribution in [0, 0.1) is 5.41 Å². The molecule has 0 saturated carbocycles. The van der Waals surface area contributed by atoms with Gasteiger partial charge in [-0.15, -0.1) is 0 Å². The van der Waals surface area contributed by atoms with Crippen LogP contribution in [-0.2, 0) is 11.2 Å². The number of rotatable bonds is 6. The minimum atomic E-state index is -0.0687. The Bertz CT molecular complexity index is 601. The van der Waals surface area contributed by atoms with Gasteiger partial charge >= 0.3 is 0 Å². The normalized spacial score (nSPS) is 13.2. The van der Waals surface area contributed by atoms with E-state index in [-0.39, 0.29) is 11.5 Å². The fourth-order valence-corrected chi connectivity index (χ4v) is 2.35. The summed E-state index contributed by atoms with van der Waals surface area (Å²) in [6.45, 7) is 6.28. The summed E-state index contributed by atoms with van der Waals surface area (Å²) in [5.41, 5.74) is 1.83. The standard InChI is InChI=1S/C16H21NO3/c1-11(17-10-18)16(2,3)8-12-9-20-15-13(12)6-5-7-14(15)19-4/h5-7,9-11H,8H2,1-4H3,(H,17,18)/t11-/m1/s1. The highest BCUT2D eigenvalue weighted by Crippen LogP contribution is 2.34. The van der Waals surface area contributed by atoms with Gasteiger partial charge in [-0.1, -0.05) is 26.0 Å². The maximum Gasteiger partial charge on any atom is 0.207 e. The number of benzene rings is 1. The Labute approximate surface area is 119 Å². The lowest BCUT2D eigenvalue weighted by Crippen LogP contribution is -2.40. The van der Waals surface area contributed by atoms with E-state index in [9.17, 15) is 4.79 Å². The average molecular weight is 275 g/mol. The Morgan fingerprint density at radius 3 is 2.85 bits per heavy atom. The van der Waals surface area contributed by atoms with Gasteiger partial charge in [-0.25, -0.2) is 0 Å². The molecular formula is C16H21NO3. The van der Waals surface area contributed by atoms with Gasteiger partial charge in [-0.2, -0.15) is 0 Å². The maximum atomic E-state index is 10.6. The van der Waals surface area contributed by atoms with Gasteiger partial charge in [0.15, 0.2) is 11.3 Å². The molecule has 1 N–H and O–H groups in total. The summed E-state index contributed by atoms with van der Waals surface area (Å²) in [4.78, 5) is 10.6. The molecule has 0 fully saturated rings. The third-order valence-corrected chi connectivity index (χ3v) is 4.00. The molecule has 1 amide bonds. The molecule has 1 aromatic heterocycles. The molecule has 0 saturated heterocycles. The first-order valence-electron chi connectivity index (χ1n) is 6.72. The first-order valence-corrected chi connectivity index (χ1v) is 6.72. The lowest BCUT2D eigenvalue weighted by molar-refractivity contribution is -0.110. The van der Waals surface area contributed by atoms with Gasteiger partial charge in [0.1, 0.15) is 0 Å². The Kier molecular flexibility index (Phi) is 4.02. The molecule has 0 aliphatic heterocycles. The van der Waals surface area contributed by atoms with Crippen molar-refractivity contribution in [3.05, 3.63) is 30.0 Å². The quantitative estimate of drug-likeness (QED) is 0.824. The number of carbonyl (C=O) groups is 1. The molecular weight excluding hydrogens is 254 g/mol. The fraction of sp³-hybridized carbons (Fsp3) is 0.438. The molecule has 108 valence electrons. The predicted molar refractivity (Wildman–Crippen MR) is 78.9 cm³/mol. The van der Waals surface area contributed by atoms with E-state index in [1.807, 2.05) is 25.1 Å². The van der Waals surface area contributed by atoms with Crippen LogP contribution < -0.4 is 10.1 Å². The molecule has 2 rings (SSSR count). The highest BCUT2D eigenvalue weighted by Gasteiger charge is 2.27. The third kappa shape index (κ3) is 2.64. The second-order valence-electron chi connectivity index (χ2n) is 5.77. The molecule has 0 aliphatic carbocycles. The number of para-hydroxylation sites is 1. The summed E-state index contributed by atoms with van der Waals surface area (Å²) in [6, 6.07) is 5.96. The van der Waals surface area contributed by atoms with Crippen molar-refractivity contribution in [3.8, 4) is 5.75 Å². The second kappa shape index (κ2) is 5.57. The summed E-state index contributed by atoms with van der Waals surface area (Å²) in [6.07, 6.45) is 3.35. The summed E-state index contributed by atoms with van der Waals surface area (Å²) >= 11 is 0. The van der Waals surface area contributed by atoms with E-state index < -0.39 is 0 Å². The first kappa shape index (κ1) is 14.4. The molecule has 1 atom stereocenters. The number of fused-ring (bicyclic) bond motifs is 1.